The standard InChI is InChI=1S/C11H22O2/c1-6-7-11(5)12-8-10(3,4)9(2)13-11/h9H,6-8H2,1-5H3. The van der Waals surface area contributed by atoms with E-state index in [1.54, 1.807) is 0 Å². The summed E-state index contributed by atoms with van der Waals surface area (Å²) in [5, 5.41) is 0. The highest BCUT2D eigenvalue weighted by Crippen LogP contribution is 2.36. The van der Waals surface area contributed by atoms with E-state index in [4.69, 9.17) is 9.47 Å². The van der Waals surface area contributed by atoms with E-state index in [-0.39, 0.29) is 17.3 Å². The monoisotopic (exact) mass is 186 g/mol. The van der Waals surface area contributed by atoms with Gasteiger partial charge in [0.25, 0.3) is 0 Å². The quantitative estimate of drug-likeness (QED) is 0.660. The van der Waals surface area contributed by atoms with Crippen molar-refractivity contribution in [2.24, 2.45) is 5.41 Å². The molecule has 2 nitrogen and oxygen atoms in total. The summed E-state index contributed by atoms with van der Waals surface area (Å²) >= 11 is 0. The van der Waals surface area contributed by atoms with Crippen molar-refractivity contribution in [3.05, 3.63) is 0 Å². The highest BCUT2D eigenvalue weighted by Gasteiger charge is 2.41. The van der Waals surface area contributed by atoms with E-state index in [9.17, 15) is 0 Å². The molecule has 1 heterocycles. The molecule has 2 heteroatoms. The second-order valence-electron chi connectivity index (χ2n) is 4.92. The zero-order valence-electron chi connectivity index (χ0n) is 9.52. The zero-order valence-corrected chi connectivity index (χ0v) is 9.52. The molecule has 78 valence electrons. The summed E-state index contributed by atoms with van der Waals surface area (Å²) in [5.74, 6) is -0.344. The molecule has 0 radical (unpaired) electrons. The first-order chi connectivity index (χ1) is 5.90. The van der Waals surface area contributed by atoms with Crippen LogP contribution in [0.5, 0.6) is 0 Å². The van der Waals surface area contributed by atoms with E-state index >= 15 is 0 Å². The Balaban J connectivity index is 2.59. The number of rotatable bonds is 2. The topological polar surface area (TPSA) is 18.5 Å². The van der Waals surface area contributed by atoms with Crippen LogP contribution in [-0.2, 0) is 9.47 Å². The molecule has 1 fully saturated rings. The van der Waals surface area contributed by atoms with Crippen LogP contribution in [0.15, 0.2) is 0 Å². The van der Waals surface area contributed by atoms with Crippen LogP contribution in [-0.4, -0.2) is 18.5 Å². The summed E-state index contributed by atoms with van der Waals surface area (Å²) < 4.78 is 11.7. The molecule has 2 unspecified atom stereocenters. The van der Waals surface area contributed by atoms with Crippen LogP contribution in [0.25, 0.3) is 0 Å². The van der Waals surface area contributed by atoms with Gasteiger partial charge in [0.1, 0.15) is 0 Å². The normalized spacial score (nSPS) is 39.0. The van der Waals surface area contributed by atoms with E-state index < -0.39 is 0 Å². The van der Waals surface area contributed by atoms with Crippen molar-refractivity contribution in [1.29, 1.82) is 0 Å². The third kappa shape index (κ3) is 2.44. The molecule has 0 aromatic rings. The summed E-state index contributed by atoms with van der Waals surface area (Å²) in [5.41, 5.74) is 0.146. The van der Waals surface area contributed by atoms with Crippen molar-refractivity contribution in [1.82, 2.24) is 0 Å². The minimum atomic E-state index is -0.344. The average molecular weight is 186 g/mol. The largest absolute Gasteiger partial charge is 0.350 e. The highest BCUT2D eigenvalue weighted by atomic mass is 16.7. The molecule has 0 bridgehead atoms. The predicted octanol–water partition coefficient (Wildman–Crippen LogP) is 2.96. The second kappa shape index (κ2) is 3.58. The molecule has 0 aromatic carbocycles. The van der Waals surface area contributed by atoms with Crippen LogP contribution in [0.4, 0.5) is 0 Å². The molecule has 0 aromatic heterocycles. The fourth-order valence-electron chi connectivity index (χ4n) is 1.61. The van der Waals surface area contributed by atoms with Crippen molar-refractivity contribution in [2.45, 2.75) is 59.4 Å². The maximum Gasteiger partial charge on any atom is 0.165 e. The van der Waals surface area contributed by atoms with E-state index in [0.29, 0.717) is 0 Å². The SMILES string of the molecule is CCCC1(C)OCC(C)(C)C(C)O1. The molecule has 2 atom stereocenters. The van der Waals surface area contributed by atoms with Gasteiger partial charge in [0, 0.05) is 11.8 Å². The van der Waals surface area contributed by atoms with Crippen molar-refractivity contribution >= 4 is 0 Å². The first-order valence-electron chi connectivity index (χ1n) is 5.21. The van der Waals surface area contributed by atoms with E-state index in [2.05, 4.69) is 27.7 Å². The lowest BCUT2D eigenvalue weighted by molar-refractivity contribution is -0.319. The van der Waals surface area contributed by atoms with E-state index in [1.165, 1.54) is 0 Å². The maximum atomic E-state index is 5.91. The molecule has 0 N–H and O–H groups in total. The Bertz CT molecular complexity index is 177. The third-order valence-corrected chi connectivity index (χ3v) is 2.98. The van der Waals surface area contributed by atoms with E-state index in [0.717, 1.165) is 19.4 Å². The molecule has 1 rings (SSSR count). The maximum absolute atomic E-state index is 5.91. The molecule has 0 saturated carbocycles. The van der Waals surface area contributed by atoms with Gasteiger partial charge >= 0.3 is 0 Å². The number of hydrogen-bond acceptors (Lipinski definition) is 2. The molecule has 0 amide bonds. The van der Waals surface area contributed by atoms with Crippen LogP contribution in [0, 0.1) is 5.41 Å². The lowest BCUT2D eigenvalue weighted by atomic mass is 9.87. The van der Waals surface area contributed by atoms with Crippen LogP contribution < -0.4 is 0 Å². The van der Waals surface area contributed by atoms with Crippen molar-refractivity contribution in [2.75, 3.05) is 6.61 Å². The first kappa shape index (κ1) is 11.0. The molecular formula is C11H22O2. The van der Waals surface area contributed by atoms with Gasteiger partial charge in [-0.1, -0.05) is 27.2 Å². The fourth-order valence-corrected chi connectivity index (χ4v) is 1.61. The molecule has 0 aliphatic carbocycles. The number of ether oxygens (including phenoxy) is 2. The Labute approximate surface area is 81.6 Å². The zero-order chi connectivity index (χ0) is 10.1. The van der Waals surface area contributed by atoms with Gasteiger partial charge in [0.05, 0.1) is 12.7 Å². The highest BCUT2D eigenvalue weighted by molar-refractivity contribution is 4.83. The lowest BCUT2D eigenvalue weighted by Gasteiger charge is -2.46. The predicted molar refractivity (Wildman–Crippen MR) is 53.6 cm³/mol. The van der Waals surface area contributed by atoms with Crippen molar-refractivity contribution < 1.29 is 9.47 Å². The summed E-state index contributed by atoms with van der Waals surface area (Å²) in [7, 11) is 0. The Morgan fingerprint density at radius 3 is 2.38 bits per heavy atom. The molecule has 0 spiro atoms. The Morgan fingerprint density at radius 2 is 1.92 bits per heavy atom. The van der Waals surface area contributed by atoms with Crippen LogP contribution in [0.3, 0.4) is 0 Å². The van der Waals surface area contributed by atoms with Gasteiger partial charge in [-0.3, -0.25) is 0 Å². The minimum Gasteiger partial charge on any atom is -0.350 e. The van der Waals surface area contributed by atoms with Gasteiger partial charge in [-0.05, 0) is 13.8 Å². The summed E-state index contributed by atoms with van der Waals surface area (Å²) in [6.45, 7) is 11.5. The van der Waals surface area contributed by atoms with Gasteiger partial charge in [-0.25, -0.2) is 0 Å². The summed E-state index contributed by atoms with van der Waals surface area (Å²) in [4.78, 5) is 0. The molecule has 1 saturated heterocycles. The Morgan fingerprint density at radius 1 is 1.31 bits per heavy atom. The summed E-state index contributed by atoms with van der Waals surface area (Å²) in [6.07, 6.45) is 2.36. The van der Waals surface area contributed by atoms with Gasteiger partial charge in [-0.15, -0.1) is 0 Å². The van der Waals surface area contributed by atoms with Gasteiger partial charge in [0.15, 0.2) is 5.79 Å². The molecule has 1 aliphatic heterocycles. The van der Waals surface area contributed by atoms with Crippen LogP contribution in [0.1, 0.15) is 47.5 Å². The smallest absolute Gasteiger partial charge is 0.165 e. The molecular weight excluding hydrogens is 164 g/mol. The van der Waals surface area contributed by atoms with E-state index in [1.807, 2.05) is 6.92 Å². The Kier molecular flexibility index (Phi) is 3.03. The van der Waals surface area contributed by atoms with Crippen molar-refractivity contribution in [3.8, 4) is 0 Å². The molecule has 13 heavy (non-hydrogen) atoms. The summed E-state index contributed by atoms with van der Waals surface area (Å²) in [6, 6.07) is 0. The average Bonchev–Trinajstić information content (AvgIpc) is 1.99. The van der Waals surface area contributed by atoms with Gasteiger partial charge in [0.2, 0.25) is 0 Å². The third-order valence-electron chi connectivity index (χ3n) is 2.98. The van der Waals surface area contributed by atoms with Crippen LogP contribution in [0.2, 0.25) is 0 Å². The Hall–Kier alpha value is -0.0800. The number of hydrogen-bond donors (Lipinski definition) is 0. The lowest BCUT2D eigenvalue weighted by Crippen LogP contribution is -2.50. The van der Waals surface area contributed by atoms with Gasteiger partial charge < -0.3 is 9.47 Å². The second-order valence-corrected chi connectivity index (χ2v) is 4.92. The first-order valence-corrected chi connectivity index (χ1v) is 5.21. The van der Waals surface area contributed by atoms with Crippen molar-refractivity contribution in [3.63, 3.8) is 0 Å². The molecule has 1 aliphatic rings. The minimum absolute atomic E-state index is 0.146. The van der Waals surface area contributed by atoms with Gasteiger partial charge in [-0.2, -0.15) is 0 Å². The van der Waals surface area contributed by atoms with Crippen LogP contribution >= 0.6 is 0 Å². The fraction of sp³-hybridized carbons (Fsp3) is 1.00.